The Bertz CT molecular complexity index is 1050. The topological polar surface area (TPSA) is 154 Å². The van der Waals surface area contributed by atoms with Crippen molar-refractivity contribution in [3.8, 4) is 0 Å². The summed E-state index contributed by atoms with van der Waals surface area (Å²) in [5.74, 6) is -0.989. The second-order valence-corrected chi connectivity index (χ2v) is 13.4. The van der Waals surface area contributed by atoms with Gasteiger partial charge in [0.05, 0.1) is 12.7 Å². The van der Waals surface area contributed by atoms with E-state index in [0.29, 0.717) is 6.61 Å². The lowest BCUT2D eigenvalue weighted by molar-refractivity contribution is -0.156. The molecule has 250 valence electrons. The Kier molecular flexibility index (Phi) is 15.6. The maximum Gasteiger partial charge on any atom is 0.407 e. The van der Waals surface area contributed by atoms with Crippen molar-refractivity contribution in [1.82, 2.24) is 21.1 Å². The zero-order valence-electron chi connectivity index (χ0n) is 27.9. The number of hydrogen-bond acceptors (Lipinski definition) is 10. The van der Waals surface area contributed by atoms with Crippen molar-refractivity contribution in [3.05, 3.63) is 35.9 Å². The van der Waals surface area contributed by atoms with Gasteiger partial charge in [0.15, 0.2) is 0 Å². The average Bonchev–Trinajstić information content (AvgIpc) is 2.81. The van der Waals surface area contributed by atoms with E-state index in [1.54, 1.807) is 62.3 Å². The lowest BCUT2D eigenvalue weighted by atomic mass is 10.1. The normalized spacial score (nSPS) is 13.4. The number of nitrogens with one attached hydrogen (secondary N) is 3. The van der Waals surface area contributed by atoms with Gasteiger partial charge in [-0.05, 0) is 74.3 Å². The summed E-state index contributed by atoms with van der Waals surface area (Å²) in [5, 5.41) is 6.70. The first-order valence-corrected chi connectivity index (χ1v) is 14.6. The Balaban J connectivity index is 2.97. The summed E-state index contributed by atoms with van der Waals surface area (Å²) in [6.07, 6.45) is -2.14. The second-order valence-electron chi connectivity index (χ2n) is 13.4. The summed E-state index contributed by atoms with van der Waals surface area (Å²) in [6.45, 7) is 15.7. The highest BCUT2D eigenvalue weighted by Gasteiger charge is 2.27. The third-order valence-electron chi connectivity index (χ3n) is 5.17. The summed E-state index contributed by atoms with van der Waals surface area (Å²) in [6, 6.07) is 8.76. The van der Waals surface area contributed by atoms with E-state index in [-0.39, 0.29) is 32.7 Å². The Hall–Kier alpha value is -3.42. The van der Waals surface area contributed by atoms with Crippen LogP contribution in [0.25, 0.3) is 0 Å². The highest BCUT2D eigenvalue weighted by molar-refractivity contribution is 5.78. The van der Waals surface area contributed by atoms with E-state index in [1.807, 2.05) is 30.3 Å². The standard InChI is InChI=1S/C31H52N4O9/c1-29(2,3)42-26(37)19-35(10)34-25(36)17-23(33-28(39)44-31(7,8)9)16-24(18-32-27(38)43-30(4,5)6)41-21-40-20-22-14-12-11-13-15-22/h11-15,23-24H,16-21H2,1-10H3,(H,32,38)(H,33,39)(H,34,36)/t23-,24-/m1/s1. The molecule has 0 bridgehead atoms. The van der Waals surface area contributed by atoms with Gasteiger partial charge in [-0.15, -0.1) is 0 Å². The van der Waals surface area contributed by atoms with Crippen molar-refractivity contribution in [2.75, 3.05) is 26.9 Å². The van der Waals surface area contributed by atoms with E-state index in [9.17, 15) is 19.2 Å². The van der Waals surface area contributed by atoms with Gasteiger partial charge in [0.25, 0.3) is 0 Å². The fourth-order valence-corrected chi connectivity index (χ4v) is 3.67. The predicted octanol–water partition coefficient (Wildman–Crippen LogP) is 4.05. The molecule has 44 heavy (non-hydrogen) atoms. The fourth-order valence-electron chi connectivity index (χ4n) is 3.67. The quantitative estimate of drug-likeness (QED) is 0.0856. The molecule has 3 N–H and O–H groups in total. The number of rotatable bonds is 15. The third kappa shape index (κ3) is 20.5. The molecule has 1 aromatic carbocycles. The number of carbonyl (C=O) groups excluding carboxylic acids is 4. The first kappa shape index (κ1) is 38.6. The summed E-state index contributed by atoms with van der Waals surface area (Å²) in [7, 11) is 1.53. The Labute approximate surface area is 261 Å². The lowest BCUT2D eigenvalue weighted by Gasteiger charge is -2.28. The number of hydrazine groups is 1. The van der Waals surface area contributed by atoms with E-state index in [0.717, 1.165) is 5.56 Å². The van der Waals surface area contributed by atoms with E-state index in [1.165, 1.54) is 12.1 Å². The number of esters is 1. The van der Waals surface area contributed by atoms with Crippen molar-refractivity contribution in [1.29, 1.82) is 0 Å². The average molecular weight is 625 g/mol. The molecule has 0 spiro atoms. The molecular weight excluding hydrogens is 572 g/mol. The van der Waals surface area contributed by atoms with Crippen LogP contribution in [-0.2, 0) is 39.9 Å². The van der Waals surface area contributed by atoms with Gasteiger partial charge in [0.1, 0.15) is 30.1 Å². The number of alkyl carbamates (subject to hydrolysis) is 2. The van der Waals surface area contributed by atoms with Crippen molar-refractivity contribution >= 4 is 24.1 Å². The van der Waals surface area contributed by atoms with Crippen LogP contribution >= 0.6 is 0 Å². The second kappa shape index (κ2) is 17.8. The number of hydrogen-bond donors (Lipinski definition) is 3. The Morgan fingerprint density at radius 1 is 0.818 bits per heavy atom. The molecule has 13 nitrogen and oxygen atoms in total. The Morgan fingerprint density at radius 2 is 1.39 bits per heavy atom. The van der Waals surface area contributed by atoms with E-state index < -0.39 is 53.0 Å². The van der Waals surface area contributed by atoms with Crippen LogP contribution in [0.5, 0.6) is 0 Å². The van der Waals surface area contributed by atoms with Gasteiger partial charge in [-0.3, -0.25) is 15.0 Å². The lowest BCUT2D eigenvalue weighted by Crippen LogP contribution is -2.48. The molecule has 0 heterocycles. The number of nitrogens with zero attached hydrogens (tertiary/aromatic N) is 1. The first-order valence-electron chi connectivity index (χ1n) is 14.6. The van der Waals surface area contributed by atoms with Crippen molar-refractivity contribution in [2.45, 2.75) is 111 Å². The van der Waals surface area contributed by atoms with Gasteiger partial charge in [-0.25, -0.2) is 14.6 Å². The summed E-state index contributed by atoms with van der Waals surface area (Å²) < 4.78 is 27.6. The molecule has 0 saturated carbocycles. The summed E-state index contributed by atoms with van der Waals surface area (Å²) >= 11 is 0. The third-order valence-corrected chi connectivity index (χ3v) is 5.17. The smallest absolute Gasteiger partial charge is 0.407 e. The minimum absolute atomic E-state index is 0.0102. The molecular formula is C31H52N4O9. The SMILES string of the molecule is CN(CC(=O)OC(C)(C)C)NC(=O)C[C@@H](C[C@H](CNC(=O)OC(C)(C)C)OCOCc1ccccc1)NC(=O)OC(C)(C)C. The maximum absolute atomic E-state index is 13.0. The molecule has 3 amide bonds. The van der Waals surface area contributed by atoms with Crippen LogP contribution in [0.15, 0.2) is 30.3 Å². The highest BCUT2D eigenvalue weighted by Crippen LogP contribution is 2.13. The number of benzene rings is 1. The number of amides is 3. The van der Waals surface area contributed by atoms with Crippen molar-refractivity contribution in [2.24, 2.45) is 0 Å². The molecule has 1 rings (SSSR count). The van der Waals surface area contributed by atoms with E-state index in [2.05, 4.69) is 16.1 Å². The zero-order valence-corrected chi connectivity index (χ0v) is 27.9. The van der Waals surface area contributed by atoms with Crippen LogP contribution in [-0.4, -0.2) is 85.0 Å². The van der Waals surface area contributed by atoms with Crippen LogP contribution in [0.1, 0.15) is 80.7 Å². The van der Waals surface area contributed by atoms with Gasteiger partial charge in [-0.2, -0.15) is 0 Å². The molecule has 0 unspecified atom stereocenters. The van der Waals surface area contributed by atoms with Crippen molar-refractivity contribution in [3.63, 3.8) is 0 Å². The molecule has 1 aromatic rings. The van der Waals surface area contributed by atoms with Crippen LogP contribution in [0.3, 0.4) is 0 Å². The molecule has 0 aromatic heterocycles. The van der Waals surface area contributed by atoms with Gasteiger partial charge < -0.3 is 34.3 Å². The molecule has 0 aliphatic carbocycles. The zero-order chi connectivity index (χ0) is 33.6. The van der Waals surface area contributed by atoms with Crippen LogP contribution in [0, 0.1) is 0 Å². The Morgan fingerprint density at radius 3 is 1.95 bits per heavy atom. The predicted molar refractivity (Wildman–Crippen MR) is 164 cm³/mol. The maximum atomic E-state index is 13.0. The van der Waals surface area contributed by atoms with E-state index in [4.69, 9.17) is 23.7 Å². The number of carbonyl (C=O) groups is 4. The first-order chi connectivity index (χ1) is 20.2. The number of likely N-dealkylation sites (N-methyl/N-ethyl adjacent to an activating group) is 1. The highest BCUT2D eigenvalue weighted by atomic mass is 16.7. The van der Waals surface area contributed by atoms with Crippen LogP contribution < -0.4 is 16.1 Å². The van der Waals surface area contributed by atoms with Crippen LogP contribution in [0.4, 0.5) is 9.59 Å². The molecule has 0 aliphatic rings. The molecule has 13 heteroatoms. The van der Waals surface area contributed by atoms with E-state index >= 15 is 0 Å². The fraction of sp³-hybridized carbons (Fsp3) is 0.677. The van der Waals surface area contributed by atoms with Gasteiger partial charge in [0, 0.05) is 26.1 Å². The molecule has 2 atom stereocenters. The van der Waals surface area contributed by atoms with Gasteiger partial charge in [-0.1, -0.05) is 30.3 Å². The largest absolute Gasteiger partial charge is 0.459 e. The monoisotopic (exact) mass is 624 g/mol. The minimum atomic E-state index is -0.778. The van der Waals surface area contributed by atoms with Crippen molar-refractivity contribution < 1.29 is 42.9 Å². The minimum Gasteiger partial charge on any atom is -0.459 e. The van der Waals surface area contributed by atoms with Crippen LogP contribution in [0.2, 0.25) is 0 Å². The van der Waals surface area contributed by atoms with Gasteiger partial charge in [0.2, 0.25) is 5.91 Å². The molecule has 0 fully saturated rings. The summed E-state index contributed by atoms with van der Waals surface area (Å²) in [4.78, 5) is 50.2. The molecule has 0 saturated heterocycles. The van der Waals surface area contributed by atoms with Gasteiger partial charge >= 0.3 is 18.2 Å². The summed E-state index contributed by atoms with van der Waals surface area (Å²) in [5.41, 5.74) is 1.42. The molecule has 0 radical (unpaired) electrons. The number of ether oxygens (including phenoxy) is 5. The molecule has 0 aliphatic heterocycles.